The summed E-state index contributed by atoms with van der Waals surface area (Å²) in [5.74, 6) is -0.642. The molecular weight excluding hydrogens is 349 g/mol. The fraction of sp³-hybridized carbons (Fsp3) is 0.154. The van der Waals surface area contributed by atoms with Gasteiger partial charge in [0.15, 0.2) is 10.8 Å². The first-order valence-electron chi connectivity index (χ1n) is 6.10. The predicted octanol–water partition coefficient (Wildman–Crippen LogP) is 3.33. The molecule has 0 saturated heterocycles. The molecule has 4 N–H and O–H groups in total. The molecule has 0 atom stereocenters. The highest BCUT2D eigenvalue weighted by Crippen LogP contribution is 2.34. The Hall–Kier alpha value is -1.76. The normalized spacial score (nSPS) is 11.1. The Morgan fingerprint density at radius 1 is 1.36 bits per heavy atom. The molecule has 6 nitrogen and oxygen atoms in total. The van der Waals surface area contributed by atoms with Crippen LogP contribution in [0.3, 0.4) is 0 Å². The Labute approximate surface area is 141 Å². The van der Waals surface area contributed by atoms with Gasteiger partial charge >= 0.3 is 0 Å². The lowest BCUT2D eigenvalue weighted by Crippen LogP contribution is -2.20. The third-order valence-electron chi connectivity index (χ3n) is 2.85. The average Bonchev–Trinajstić information content (AvgIpc) is 2.78. The molecule has 2 heterocycles. The van der Waals surface area contributed by atoms with Gasteiger partial charge in [0.1, 0.15) is 5.02 Å². The van der Waals surface area contributed by atoms with Crippen LogP contribution in [0.5, 0.6) is 0 Å². The highest BCUT2D eigenvalue weighted by Gasteiger charge is 2.19. The zero-order valence-electron chi connectivity index (χ0n) is 11.7. The van der Waals surface area contributed by atoms with Crippen LogP contribution in [0.25, 0.3) is 0 Å². The molecule has 116 valence electrons. The molecule has 0 bridgehead atoms. The predicted molar refractivity (Wildman–Crippen MR) is 89.0 cm³/mol. The van der Waals surface area contributed by atoms with E-state index in [0.29, 0.717) is 0 Å². The van der Waals surface area contributed by atoms with Crippen molar-refractivity contribution in [2.24, 2.45) is 5.10 Å². The van der Waals surface area contributed by atoms with Gasteiger partial charge in [0.2, 0.25) is 0 Å². The van der Waals surface area contributed by atoms with E-state index in [4.69, 9.17) is 40.5 Å². The van der Waals surface area contributed by atoms with Crippen molar-refractivity contribution in [3.05, 3.63) is 43.9 Å². The van der Waals surface area contributed by atoms with Gasteiger partial charge in [-0.3, -0.25) is 4.79 Å². The lowest BCUT2D eigenvalue weighted by atomic mass is 10.3. The van der Waals surface area contributed by atoms with Crippen LogP contribution in [-0.4, -0.2) is 22.1 Å². The number of hydrogen-bond acceptors (Lipinski definition) is 4. The Kier molecular flexibility index (Phi) is 4.95. The maximum absolute atomic E-state index is 12.0. The summed E-state index contributed by atoms with van der Waals surface area (Å²) < 4.78 is 0. The van der Waals surface area contributed by atoms with Crippen LogP contribution in [0.1, 0.15) is 27.4 Å². The van der Waals surface area contributed by atoms with E-state index in [1.807, 2.05) is 19.9 Å². The van der Waals surface area contributed by atoms with Gasteiger partial charge in [-0.15, -0.1) is 0 Å². The van der Waals surface area contributed by atoms with E-state index in [2.05, 4.69) is 20.5 Å². The Morgan fingerprint density at radius 2 is 2.05 bits per heavy atom. The number of anilines is 1. The molecule has 0 saturated carbocycles. The van der Waals surface area contributed by atoms with E-state index in [9.17, 15) is 4.79 Å². The van der Waals surface area contributed by atoms with Crippen LogP contribution in [0.2, 0.25) is 15.2 Å². The van der Waals surface area contributed by atoms with Crippen molar-refractivity contribution in [3.63, 3.8) is 0 Å². The van der Waals surface area contributed by atoms with Crippen molar-refractivity contribution in [2.45, 2.75) is 13.8 Å². The number of hydrogen-bond donors (Lipinski definition) is 3. The van der Waals surface area contributed by atoms with Gasteiger partial charge in [-0.25, -0.2) is 10.4 Å². The van der Waals surface area contributed by atoms with Crippen molar-refractivity contribution in [2.75, 3.05) is 5.73 Å². The van der Waals surface area contributed by atoms with Crippen molar-refractivity contribution in [3.8, 4) is 0 Å². The number of H-pyrrole nitrogens is 1. The molecule has 9 heteroatoms. The number of nitrogen functional groups attached to an aromatic ring is 1. The van der Waals surface area contributed by atoms with E-state index >= 15 is 0 Å². The Morgan fingerprint density at radius 3 is 2.64 bits per heavy atom. The maximum atomic E-state index is 12.0. The van der Waals surface area contributed by atoms with Crippen molar-refractivity contribution in [1.82, 2.24) is 15.4 Å². The SMILES string of the molecule is Cc1cc(/C=N/NC(=O)c2nc(Cl)c(Cl)c(N)c2Cl)c(C)[nH]1. The number of rotatable bonds is 3. The van der Waals surface area contributed by atoms with E-state index in [1.54, 1.807) is 0 Å². The van der Waals surface area contributed by atoms with Crippen molar-refractivity contribution >= 4 is 52.6 Å². The molecule has 2 aromatic heterocycles. The lowest BCUT2D eigenvalue weighted by Gasteiger charge is -2.07. The summed E-state index contributed by atoms with van der Waals surface area (Å²) in [7, 11) is 0. The molecule has 0 radical (unpaired) electrons. The third kappa shape index (κ3) is 3.35. The minimum atomic E-state index is -0.642. The number of aromatic nitrogens is 2. The number of pyridine rings is 1. The summed E-state index contributed by atoms with van der Waals surface area (Å²) in [5.41, 5.74) is 10.6. The molecule has 0 aliphatic heterocycles. The summed E-state index contributed by atoms with van der Waals surface area (Å²) in [6, 6.07) is 1.90. The number of nitrogens with zero attached hydrogens (tertiary/aromatic N) is 2. The highest BCUT2D eigenvalue weighted by molar-refractivity contribution is 6.46. The number of carbonyl (C=O) groups excluding carboxylic acids is 1. The fourth-order valence-corrected chi connectivity index (χ4v) is 2.37. The topological polar surface area (TPSA) is 96.2 Å². The number of aromatic amines is 1. The summed E-state index contributed by atoms with van der Waals surface area (Å²) in [6.45, 7) is 3.82. The second-order valence-electron chi connectivity index (χ2n) is 4.52. The number of nitrogens with two attached hydrogens (primary N) is 1. The number of nitrogens with one attached hydrogen (secondary N) is 2. The first-order valence-corrected chi connectivity index (χ1v) is 7.24. The van der Waals surface area contributed by atoms with E-state index < -0.39 is 5.91 Å². The molecule has 2 rings (SSSR count). The third-order valence-corrected chi connectivity index (χ3v) is 3.98. The Bertz CT molecular complexity index is 770. The first-order chi connectivity index (χ1) is 10.3. The maximum Gasteiger partial charge on any atom is 0.291 e. The molecule has 0 aromatic carbocycles. The van der Waals surface area contributed by atoms with E-state index in [1.165, 1.54) is 6.21 Å². The van der Waals surface area contributed by atoms with E-state index in [-0.39, 0.29) is 26.6 Å². The number of carbonyl (C=O) groups is 1. The van der Waals surface area contributed by atoms with Gasteiger partial charge in [0, 0.05) is 17.0 Å². The summed E-state index contributed by atoms with van der Waals surface area (Å²) >= 11 is 17.5. The van der Waals surface area contributed by atoms with Gasteiger partial charge in [-0.2, -0.15) is 5.10 Å². The van der Waals surface area contributed by atoms with E-state index in [0.717, 1.165) is 17.0 Å². The molecule has 0 unspecified atom stereocenters. The van der Waals surface area contributed by atoms with Gasteiger partial charge in [0.25, 0.3) is 5.91 Å². The Balaban J connectivity index is 2.18. The standard InChI is InChI=1S/C13H12Cl3N5O/c1-5-3-7(6(2)19-5)4-18-21-13(22)11-8(14)10(17)9(15)12(16)20-11/h3-4,19H,1-2H3,(H2,17,20)(H,21,22)/b18-4+. The number of aryl methyl sites for hydroxylation is 2. The lowest BCUT2D eigenvalue weighted by molar-refractivity contribution is 0.0950. The number of halogens is 3. The fourth-order valence-electron chi connectivity index (χ4n) is 1.77. The van der Waals surface area contributed by atoms with Gasteiger partial charge in [-0.1, -0.05) is 34.8 Å². The van der Waals surface area contributed by atoms with Crippen molar-refractivity contribution < 1.29 is 4.79 Å². The van der Waals surface area contributed by atoms with Crippen LogP contribution in [0.15, 0.2) is 11.2 Å². The van der Waals surface area contributed by atoms with Crippen LogP contribution in [-0.2, 0) is 0 Å². The summed E-state index contributed by atoms with van der Waals surface area (Å²) in [6.07, 6.45) is 1.51. The molecule has 22 heavy (non-hydrogen) atoms. The number of hydrazone groups is 1. The molecule has 0 aliphatic carbocycles. The largest absolute Gasteiger partial charge is 0.396 e. The minimum absolute atomic E-state index is 0.00476. The molecule has 0 fully saturated rings. The van der Waals surface area contributed by atoms with Crippen LogP contribution in [0.4, 0.5) is 5.69 Å². The molecule has 1 amide bonds. The van der Waals surface area contributed by atoms with Gasteiger partial charge in [-0.05, 0) is 19.9 Å². The average molecular weight is 361 g/mol. The van der Waals surface area contributed by atoms with Crippen LogP contribution >= 0.6 is 34.8 Å². The monoisotopic (exact) mass is 359 g/mol. The first kappa shape index (κ1) is 16.6. The zero-order chi connectivity index (χ0) is 16.4. The molecule has 2 aromatic rings. The number of amides is 1. The molecular formula is C13H12Cl3N5O. The molecule has 0 spiro atoms. The van der Waals surface area contributed by atoms with Crippen LogP contribution < -0.4 is 11.2 Å². The smallest absolute Gasteiger partial charge is 0.291 e. The summed E-state index contributed by atoms with van der Waals surface area (Å²) in [4.78, 5) is 19.0. The molecule has 0 aliphatic rings. The minimum Gasteiger partial charge on any atom is -0.396 e. The zero-order valence-corrected chi connectivity index (χ0v) is 13.9. The second kappa shape index (κ2) is 6.56. The van der Waals surface area contributed by atoms with Gasteiger partial charge in [0.05, 0.1) is 16.9 Å². The summed E-state index contributed by atoms with van der Waals surface area (Å²) in [5, 5.41) is 3.68. The van der Waals surface area contributed by atoms with Crippen LogP contribution in [0, 0.1) is 13.8 Å². The second-order valence-corrected chi connectivity index (χ2v) is 5.64. The van der Waals surface area contributed by atoms with Crippen molar-refractivity contribution in [1.29, 1.82) is 0 Å². The highest BCUT2D eigenvalue weighted by atomic mass is 35.5. The van der Waals surface area contributed by atoms with Gasteiger partial charge < -0.3 is 10.7 Å². The quantitative estimate of drug-likeness (QED) is 0.445.